The Morgan fingerprint density at radius 3 is 2.39 bits per heavy atom. The van der Waals surface area contributed by atoms with Crippen molar-refractivity contribution in [3.63, 3.8) is 0 Å². The van der Waals surface area contributed by atoms with Crippen LogP contribution in [0.4, 0.5) is 0 Å². The van der Waals surface area contributed by atoms with Crippen molar-refractivity contribution in [2.45, 2.75) is 64.7 Å². The molecule has 0 radical (unpaired) electrons. The molecule has 0 aliphatic carbocycles. The average molecular weight is 252 g/mol. The molecule has 2 heteroatoms. The van der Waals surface area contributed by atoms with E-state index in [4.69, 9.17) is 4.74 Å². The fraction of sp³-hybridized carbons (Fsp3) is 0.688. The van der Waals surface area contributed by atoms with Crippen molar-refractivity contribution in [1.29, 1.82) is 0 Å². The summed E-state index contributed by atoms with van der Waals surface area (Å²) in [5.41, 5.74) is 1.23. The maximum atomic E-state index is 11.4. The van der Waals surface area contributed by atoms with Gasteiger partial charge in [-0.05, 0) is 51.9 Å². The minimum atomic E-state index is -0.0477. The third-order valence-corrected chi connectivity index (χ3v) is 2.80. The summed E-state index contributed by atoms with van der Waals surface area (Å²) in [5, 5.41) is 0. The van der Waals surface area contributed by atoms with Gasteiger partial charge in [0.15, 0.2) is 0 Å². The third kappa shape index (κ3) is 13.0. The van der Waals surface area contributed by atoms with Crippen LogP contribution in [0.5, 0.6) is 0 Å². The van der Waals surface area contributed by atoms with Crippen LogP contribution in [0.15, 0.2) is 24.8 Å². The lowest BCUT2D eigenvalue weighted by atomic mass is 10.1. The molecule has 18 heavy (non-hydrogen) atoms. The molecule has 0 bridgehead atoms. The molecule has 0 N–H and O–H groups in total. The Kier molecular flexibility index (Phi) is 11.7. The van der Waals surface area contributed by atoms with Gasteiger partial charge in [0.25, 0.3) is 0 Å². The maximum Gasteiger partial charge on any atom is 0.305 e. The number of allylic oxidation sites excluding steroid dienone is 2. The van der Waals surface area contributed by atoms with Gasteiger partial charge < -0.3 is 4.74 Å². The average Bonchev–Trinajstić information content (AvgIpc) is 2.33. The molecule has 0 aromatic heterocycles. The van der Waals surface area contributed by atoms with Crippen LogP contribution in [-0.2, 0) is 9.53 Å². The second kappa shape index (κ2) is 12.4. The molecule has 0 aromatic carbocycles. The van der Waals surface area contributed by atoms with E-state index in [9.17, 15) is 4.79 Å². The molecular formula is C16H28O2. The van der Waals surface area contributed by atoms with Gasteiger partial charge in [0, 0.05) is 6.42 Å². The molecule has 2 nitrogen and oxygen atoms in total. The fourth-order valence-corrected chi connectivity index (χ4v) is 1.70. The van der Waals surface area contributed by atoms with E-state index in [0.717, 1.165) is 51.4 Å². The van der Waals surface area contributed by atoms with Crippen LogP contribution < -0.4 is 0 Å². The zero-order valence-electron chi connectivity index (χ0n) is 11.9. The number of ether oxygens (including phenoxy) is 1. The second-order valence-corrected chi connectivity index (χ2v) is 4.88. The van der Waals surface area contributed by atoms with Crippen molar-refractivity contribution < 1.29 is 9.53 Å². The van der Waals surface area contributed by atoms with Crippen LogP contribution >= 0.6 is 0 Å². The number of esters is 1. The van der Waals surface area contributed by atoms with Gasteiger partial charge in [-0.3, -0.25) is 4.79 Å². The van der Waals surface area contributed by atoms with E-state index in [1.54, 1.807) is 0 Å². The third-order valence-electron chi connectivity index (χ3n) is 2.80. The largest absolute Gasteiger partial charge is 0.466 e. The summed E-state index contributed by atoms with van der Waals surface area (Å²) in [6.45, 7) is 10.2. The highest BCUT2D eigenvalue weighted by Gasteiger charge is 2.01. The maximum absolute atomic E-state index is 11.4. The zero-order valence-corrected chi connectivity index (χ0v) is 11.9. The Bertz CT molecular complexity index is 243. The monoisotopic (exact) mass is 252 g/mol. The Balaban J connectivity index is 3.21. The van der Waals surface area contributed by atoms with Gasteiger partial charge in [0.2, 0.25) is 0 Å². The molecule has 104 valence electrons. The van der Waals surface area contributed by atoms with E-state index in [2.05, 4.69) is 13.2 Å². The summed E-state index contributed by atoms with van der Waals surface area (Å²) >= 11 is 0. The van der Waals surface area contributed by atoms with Crippen LogP contribution in [0.1, 0.15) is 64.7 Å². The highest BCUT2D eigenvalue weighted by Crippen LogP contribution is 2.07. The second-order valence-electron chi connectivity index (χ2n) is 4.88. The van der Waals surface area contributed by atoms with Crippen molar-refractivity contribution in [2.75, 3.05) is 6.61 Å². The highest BCUT2D eigenvalue weighted by molar-refractivity contribution is 5.69. The van der Waals surface area contributed by atoms with E-state index in [-0.39, 0.29) is 5.97 Å². The smallest absolute Gasteiger partial charge is 0.305 e. The van der Waals surface area contributed by atoms with Gasteiger partial charge >= 0.3 is 5.97 Å². The predicted octanol–water partition coefficient (Wildman–Crippen LogP) is 4.80. The molecule has 0 fully saturated rings. The molecule has 0 unspecified atom stereocenters. The quantitative estimate of drug-likeness (QED) is 0.283. The van der Waals surface area contributed by atoms with Gasteiger partial charge in [-0.1, -0.05) is 18.1 Å². The van der Waals surface area contributed by atoms with E-state index in [1.165, 1.54) is 5.57 Å². The molecule has 0 saturated carbocycles. The van der Waals surface area contributed by atoms with Crippen LogP contribution in [0.3, 0.4) is 0 Å². The van der Waals surface area contributed by atoms with Gasteiger partial charge in [-0.15, -0.1) is 13.2 Å². The summed E-state index contributed by atoms with van der Waals surface area (Å²) in [4.78, 5) is 11.4. The van der Waals surface area contributed by atoms with Crippen molar-refractivity contribution in [1.82, 2.24) is 0 Å². The number of hydrogen-bond donors (Lipinski definition) is 0. The minimum Gasteiger partial charge on any atom is -0.466 e. The molecule has 0 saturated heterocycles. The summed E-state index contributed by atoms with van der Waals surface area (Å²) in [6, 6.07) is 0. The number of hydrogen-bond acceptors (Lipinski definition) is 2. The van der Waals surface area contributed by atoms with Crippen LogP contribution in [0.25, 0.3) is 0 Å². The van der Waals surface area contributed by atoms with Crippen LogP contribution in [-0.4, -0.2) is 12.6 Å². The molecule has 0 heterocycles. The zero-order chi connectivity index (χ0) is 13.6. The van der Waals surface area contributed by atoms with E-state index in [0.29, 0.717) is 13.0 Å². The first-order chi connectivity index (χ1) is 8.66. The molecule has 0 rings (SSSR count). The SMILES string of the molecule is C=CCCCCCC(=O)OCCCCCC(=C)C. The Morgan fingerprint density at radius 1 is 1.06 bits per heavy atom. The number of carbonyl (C=O) groups excluding carboxylic acids is 1. The van der Waals surface area contributed by atoms with Gasteiger partial charge in [0.1, 0.15) is 0 Å². The number of rotatable bonds is 12. The lowest BCUT2D eigenvalue weighted by molar-refractivity contribution is -0.143. The standard InChI is InChI=1S/C16H28O2/c1-4-5-6-7-10-13-16(17)18-14-11-8-9-12-15(2)3/h4H,1-2,5-14H2,3H3. The first-order valence-electron chi connectivity index (χ1n) is 7.07. The highest BCUT2D eigenvalue weighted by atomic mass is 16.5. The Morgan fingerprint density at radius 2 is 1.72 bits per heavy atom. The van der Waals surface area contributed by atoms with Gasteiger partial charge in [-0.25, -0.2) is 0 Å². The Hall–Kier alpha value is -1.05. The molecular weight excluding hydrogens is 224 g/mol. The molecule has 0 spiro atoms. The lowest BCUT2D eigenvalue weighted by Crippen LogP contribution is -2.05. The predicted molar refractivity (Wildman–Crippen MR) is 77.5 cm³/mol. The number of carbonyl (C=O) groups is 1. The fourth-order valence-electron chi connectivity index (χ4n) is 1.70. The summed E-state index contributed by atoms with van der Waals surface area (Å²) in [5.74, 6) is -0.0477. The van der Waals surface area contributed by atoms with E-state index in [1.807, 2.05) is 13.0 Å². The van der Waals surface area contributed by atoms with Gasteiger partial charge in [-0.2, -0.15) is 0 Å². The minimum absolute atomic E-state index is 0.0477. The first kappa shape index (κ1) is 16.9. The normalized spacial score (nSPS) is 10.1. The van der Waals surface area contributed by atoms with Crippen LogP contribution in [0, 0.1) is 0 Å². The topological polar surface area (TPSA) is 26.3 Å². The molecule has 0 atom stereocenters. The number of unbranched alkanes of at least 4 members (excludes halogenated alkanes) is 5. The van der Waals surface area contributed by atoms with Crippen molar-refractivity contribution in [3.05, 3.63) is 24.8 Å². The van der Waals surface area contributed by atoms with E-state index < -0.39 is 0 Å². The molecule has 0 amide bonds. The lowest BCUT2D eigenvalue weighted by Gasteiger charge is -2.04. The van der Waals surface area contributed by atoms with E-state index >= 15 is 0 Å². The molecule has 0 aliphatic heterocycles. The summed E-state index contributed by atoms with van der Waals surface area (Å²) in [7, 11) is 0. The van der Waals surface area contributed by atoms with Crippen molar-refractivity contribution >= 4 is 5.97 Å². The van der Waals surface area contributed by atoms with Gasteiger partial charge in [0.05, 0.1) is 6.61 Å². The van der Waals surface area contributed by atoms with Crippen molar-refractivity contribution in [2.24, 2.45) is 0 Å². The molecule has 0 aromatic rings. The first-order valence-corrected chi connectivity index (χ1v) is 7.07. The molecule has 0 aliphatic rings. The summed E-state index contributed by atoms with van der Waals surface area (Å²) < 4.78 is 5.17. The van der Waals surface area contributed by atoms with Crippen LogP contribution in [0.2, 0.25) is 0 Å². The van der Waals surface area contributed by atoms with Crippen molar-refractivity contribution in [3.8, 4) is 0 Å². The Labute approximate surface area is 112 Å². The summed E-state index contributed by atoms with van der Waals surface area (Å²) in [6.07, 6.45) is 11.0.